The Labute approximate surface area is 129 Å². The van der Waals surface area contributed by atoms with Crippen LogP contribution in [-0.4, -0.2) is 40.6 Å². The van der Waals surface area contributed by atoms with Crippen LogP contribution in [0, 0.1) is 13.8 Å². The summed E-state index contributed by atoms with van der Waals surface area (Å²) in [6.07, 6.45) is 0. The summed E-state index contributed by atoms with van der Waals surface area (Å²) in [5.74, 6) is -0.282. The third kappa shape index (κ3) is 3.72. The van der Waals surface area contributed by atoms with Crippen molar-refractivity contribution in [1.82, 2.24) is 14.7 Å². The number of anilines is 1. The van der Waals surface area contributed by atoms with Gasteiger partial charge in [0.05, 0.1) is 5.69 Å². The second-order valence-corrected chi connectivity index (χ2v) is 5.41. The van der Waals surface area contributed by atoms with E-state index in [0.717, 1.165) is 11.4 Å². The summed E-state index contributed by atoms with van der Waals surface area (Å²) in [6.45, 7) is 3.94. The molecule has 6 nitrogen and oxygen atoms in total. The van der Waals surface area contributed by atoms with Gasteiger partial charge in [-0.05, 0) is 38.1 Å². The van der Waals surface area contributed by atoms with Crippen LogP contribution in [0.5, 0.6) is 0 Å². The summed E-state index contributed by atoms with van der Waals surface area (Å²) in [6, 6.07) is 8.81. The number of rotatable bonds is 4. The molecule has 1 aromatic carbocycles. The Bertz CT molecular complexity index is 704. The number of amides is 2. The molecule has 0 spiro atoms. The fourth-order valence-electron chi connectivity index (χ4n) is 2.16. The number of hydrogen-bond donors (Lipinski definition) is 1. The van der Waals surface area contributed by atoms with E-state index in [1.807, 2.05) is 19.9 Å². The van der Waals surface area contributed by atoms with Crippen LogP contribution < -0.4 is 5.32 Å². The second-order valence-electron chi connectivity index (χ2n) is 5.41. The zero-order valence-electron chi connectivity index (χ0n) is 13.3. The molecule has 0 atom stereocenters. The van der Waals surface area contributed by atoms with Crippen molar-refractivity contribution in [2.45, 2.75) is 20.4 Å². The predicted octanol–water partition coefficient (Wildman–Crippen LogP) is 1.84. The van der Waals surface area contributed by atoms with Crippen LogP contribution in [0.2, 0.25) is 0 Å². The van der Waals surface area contributed by atoms with Gasteiger partial charge in [-0.25, -0.2) is 0 Å². The molecule has 0 aliphatic rings. The van der Waals surface area contributed by atoms with Gasteiger partial charge in [0.1, 0.15) is 6.54 Å². The second kappa shape index (κ2) is 6.43. The summed E-state index contributed by atoms with van der Waals surface area (Å²) in [5.41, 5.74) is 2.95. The number of nitrogens with one attached hydrogen (secondary N) is 1. The predicted molar refractivity (Wildman–Crippen MR) is 84.8 cm³/mol. The number of carbonyl (C=O) groups is 2. The van der Waals surface area contributed by atoms with E-state index in [-0.39, 0.29) is 18.4 Å². The largest absolute Gasteiger partial charge is 0.345 e. The maximum absolute atomic E-state index is 12.1. The lowest BCUT2D eigenvalue weighted by atomic mass is 10.2. The van der Waals surface area contributed by atoms with Crippen molar-refractivity contribution < 1.29 is 9.59 Å². The highest BCUT2D eigenvalue weighted by Gasteiger charge is 2.11. The van der Waals surface area contributed by atoms with Gasteiger partial charge in [0.15, 0.2) is 0 Å². The van der Waals surface area contributed by atoms with Gasteiger partial charge in [-0.3, -0.25) is 14.3 Å². The number of aromatic nitrogens is 2. The lowest BCUT2D eigenvalue weighted by Gasteiger charge is -2.12. The summed E-state index contributed by atoms with van der Waals surface area (Å²) >= 11 is 0. The van der Waals surface area contributed by atoms with Crippen LogP contribution in [0.15, 0.2) is 30.3 Å². The Balaban J connectivity index is 2.07. The van der Waals surface area contributed by atoms with Gasteiger partial charge >= 0.3 is 0 Å². The summed E-state index contributed by atoms with van der Waals surface area (Å²) in [4.78, 5) is 25.5. The van der Waals surface area contributed by atoms with E-state index in [1.54, 1.807) is 43.0 Å². The number of aryl methyl sites for hydroxylation is 2. The van der Waals surface area contributed by atoms with E-state index in [9.17, 15) is 9.59 Å². The van der Waals surface area contributed by atoms with Gasteiger partial charge in [-0.1, -0.05) is 6.07 Å². The highest BCUT2D eigenvalue weighted by Crippen LogP contribution is 2.12. The molecule has 0 bridgehead atoms. The molecular weight excluding hydrogens is 280 g/mol. The highest BCUT2D eigenvalue weighted by atomic mass is 16.2. The Morgan fingerprint density at radius 2 is 1.95 bits per heavy atom. The fourth-order valence-corrected chi connectivity index (χ4v) is 2.16. The molecule has 1 aromatic heterocycles. The van der Waals surface area contributed by atoms with Gasteiger partial charge < -0.3 is 10.2 Å². The van der Waals surface area contributed by atoms with E-state index in [4.69, 9.17) is 0 Å². The minimum Gasteiger partial charge on any atom is -0.345 e. The zero-order valence-corrected chi connectivity index (χ0v) is 13.3. The molecule has 0 aliphatic heterocycles. The smallest absolute Gasteiger partial charge is 0.253 e. The van der Waals surface area contributed by atoms with Crippen molar-refractivity contribution >= 4 is 17.5 Å². The highest BCUT2D eigenvalue weighted by molar-refractivity contribution is 5.96. The Morgan fingerprint density at radius 3 is 2.55 bits per heavy atom. The Morgan fingerprint density at radius 1 is 1.23 bits per heavy atom. The standard InChI is InChI=1S/C16H20N4O2/c1-11-8-12(2)20(18-11)10-15(21)17-14-7-5-6-13(9-14)16(22)19(3)4/h5-9H,10H2,1-4H3,(H,17,21). The molecule has 0 unspecified atom stereocenters. The average Bonchev–Trinajstić information content (AvgIpc) is 2.76. The first kappa shape index (κ1) is 15.8. The monoisotopic (exact) mass is 300 g/mol. The molecule has 0 fully saturated rings. The molecule has 1 heterocycles. The zero-order chi connectivity index (χ0) is 16.3. The maximum Gasteiger partial charge on any atom is 0.253 e. The van der Waals surface area contributed by atoms with Crippen LogP contribution in [0.3, 0.4) is 0 Å². The van der Waals surface area contributed by atoms with Crippen LogP contribution in [0.4, 0.5) is 5.69 Å². The fraction of sp³-hybridized carbons (Fsp3) is 0.312. The molecule has 0 aliphatic carbocycles. The quantitative estimate of drug-likeness (QED) is 0.937. The first-order valence-corrected chi connectivity index (χ1v) is 6.99. The first-order chi connectivity index (χ1) is 10.4. The first-order valence-electron chi connectivity index (χ1n) is 6.99. The number of nitrogens with zero attached hydrogens (tertiary/aromatic N) is 3. The number of benzene rings is 1. The van der Waals surface area contributed by atoms with Gasteiger partial charge in [0.2, 0.25) is 5.91 Å². The Kier molecular flexibility index (Phi) is 4.60. The van der Waals surface area contributed by atoms with Crippen molar-refractivity contribution in [2.75, 3.05) is 19.4 Å². The molecule has 2 amide bonds. The van der Waals surface area contributed by atoms with Gasteiger partial charge in [0, 0.05) is 31.0 Å². The minimum atomic E-state index is -0.180. The Hall–Kier alpha value is -2.63. The number of hydrogen-bond acceptors (Lipinski definition) is 3. The van der Waals surface area contributed by atoms with Crippen molar-refractivity contribution in [3.05, 3.63) is 47.3 Å². The molecule has 0 saturated heterocycles. The van der Waals surface area contributed by atoms with E-state index in [0.29, 0.717) is 11.3 Å². The molecule has 1 N–H and O–H groups in total. The van der Waals surface area contributed by atoms with Crippen molar-refractivity contribution in [3.8, 4) is 0 Å². The van der Waals surface area contributed by atoms with Gasteiger partial charge in [0.25, 0.3) is 5.91 Å². The number of carbonyl (C=O) groups excluding carboxylic acids is 2. The van der Waals surface area contributed by atoms with E-state index < -0.39 is 0 Å². The SMILES string of the molecule is Cc1cc(C)n(CC(=O)Nc2cccc(C(=O)N(C)C)c2)n1. The normalized spacial score (nSPS) is 10.4. The van der Waals surface area contributed by atoms with Gasteiger partial charge in [-0.2, -0.15) is 5.10 Å². The molecular formula is C16H20N4O2. The van der Waals surface area contributed by atoms with Crippen LogP contribution in [0.25, 0.3) is 0 Å². The summed E-state index contributed by atoms with van der Waals surface area (Å²) < 4.78 is 1.65. The van der Waals surface area contributed by atoms with E-state index in [2.05, 4.69) is 10.4 Å². The molecule has 2 aromatic rings. The molecule has 22 heavy (non-hydrogen) atoms. The topological polar surface area (TPSA) is 67.2 Å². The van der Waals surface area contributed by atoms with E-state index in [1.165, 1.54) is 4.90 Å². The molecule has 116 valence electrons. The average molecular weight is 300 g/mol. The third-order valence-corrected chi connectivity index (χ3v) is 3.20. The molecule has 0 saturated carbocycles. The lowest BCUT2D eigenvalue weighted by molar-refractivity contribution is -0.116. The van der Waals surface area contributed by atoms with E-state index >= 15 is 0 Å². The molecule has 6 heteroatoms. The van der Waals surface area contributed by atoms with Crippen molar-refractivity contribution in [2.24, 2.45) is 0 Å². The summed E-state index contributed by atoms with van der Waals surface area (Å²) in [7, 11) is 3.38. The van der Waals surface area contributed by atoms with Crippen molar-refractivity contribution in [3.63, 3.8) is 0 Å². The van der Waals surface area contributed by atoms with Crippen LogP contribution >= 0.6 is 0 Å². The molecule has 0 radical (unpaired) electrons. The summed E-state index contributed by atoms with van der Waals surface area (Å²) in [5, 5.41) is 7.05. The maximum atomic E-state index is 12.1. The molecule has 2 rings (SSSR count). The lowest BCUT2D eigenvalue weighted by Crippen LogP contribution is -2.23. The van der Waals surface area contributed by atoms with Crippen LogP contribution in [-0.2, 0) is 11.3 Å². The van der Waals surface area contributed by atoms with Gasteiger partial charge in [-0.15, -0.1) is 0 Å². The van der Waals surface area contributed by atoms with Crippen molar-refractivity contribution in [1.29, 1.82) is 0 Å². The minimum absolute atomic E-state index is 0.102. The van der Waals surface area contributed by atoms with Crippen LogP contribution in [0.1, 0.15) is 21.7 Å². The third-order valence-electron chi connectivity index (χ3n) is 3.20.